The summed E-state index contributed by atoms with van der Waals surface area (Å²) in [6, 6.07) is 1.43. The molecular weight excluding hydrogens is 488 g/mol. The van der Waals surface area contributed by atoms with E-state index in [4.69, 9.17) is 0 Å². The molecule has 36 heavy (non-hydrogen) atoms. The van der Waals surface area contributed by atoms with E-state index in [-0.39, 0.29) is 45.3 Å². The average molecular weight is 522 g/mol. The quantitative estimate of drug-likeness (QED) is 0.449. The number of likely N-dealkylation sites (tertiary alicyclic amines) is 1. The molecule has 0 radical (unpaired) electrons. The molecule has 0 spiro atoms. The first-order valence-corrected chi connectivity index (χ1v) is 13.1. The highest BCUT2D eigenvalue weighted by molar-refractivity contribution is 7.17. The highest BCUT2D eigenvalue weighted by Crippen LogP contribution is 2.39. The van der Waals surface area contributed by atoms with Crippen molar-refractivity contribution in [2.24, 2.45) is 5.92 Å². The van der Waals surface area contributed by atoms with Crippen molar-refractivity contribution < 1.29 is 23.5 Å². The van der Waals surface area contributed by atoms with Gasteiger partial charge >= 0.3 is 0 Å². The number of aliphatic hydroxyl groups is 1. The fraction of sp³-hybridized carbons (Fsp3) is 0.600. The van der Waals surface area contributed by atoms with Gasteiger partial charge in [0.05, 0.1) is 10.5 Å². The molecule has 2 aliphatic rings. The summed E-state index contributed by atoms with van der Waals surface area (Å²) in [7, 11) is 0. The summed E-state index contributed by atoms with van der Waals surface area (Å²) < 4.78 is 28.5. The van der Waals surface area contributed by atoms with Gasteiger partial charge in [0.2, 0.25) is 0 Å². The SMILES string of the molecule is C[C@@H](Nc1cc(C(F)F)c(-c2sc(C(=O)NCC(C)(C)O)nc2C(=O)N2CCC[C@@H]2C)cn1)C1CC1. The number of alkyl halides is 2. The Bertz CT molecular complexity index is 1130. The Balaban J connectivity index is 1.73. The van der Waals surface area contributed by atoms with Gasteiger partial charge in [-0.2, -0.15) is 0 Å². The number of carbonyl (C=O) groups is 2. The average Bonchev–Trinajstić information content (AvgIpc) is 3.44. The molecule has 1 saturated heterocycles. The van der Waals surface area contributed by atoms with Gasteiger partial charge in [0.1, 0.15) is 11.5 Å². The maximum Gasteiger partial charge on any atom is 0.280 e. The molecule has 0 aromatic carbocycles. The monoisotopic (exact) mass is 521 g/mol. The zero-order valence-corrected chi connectivity index (χ0v) is 21.8. The van der Waals surface area contributed by atoms with Gasteiger partial charge in [0.15, 0.2) is 5.01 Å². The molecule has 0 unspecified atom stereocenters. The van der Waals surface area contributed by atoms with Gasteiger partial charge in [-0.1, -0.05) is 0 Å². The highest BCUT2D eigenvalue weighted by Gasteiger charge is 2.33. The Morgan fingerprint density at radius 2 is 2.03 bits per heavy atom. The highest BCUT2D eigenvalue weighted by atomic mass is 32.1. The summed E-state index contributed by atoms with van der Waals surface area (Å²) in [4.78, 5) is 36.8. The molecule has 1 saturated carbocycles. The van der Waals surface area contributed by atoms with Gasteiger partial charge in [-0.15, -0.1) is 11.3 Å². The molecule has 2 atom stereocenters. The van der Waals surface area contributed by atoms with E-state index < -0.39 is 23.8 Å². The lowest BCUT2D eigenvalue weighted by molar-refractivity contribution is 0.0692. The topological polar surface area (TPSA) is 107 Å². The Hall–Kier alpha value is -2.66. The van der Waals surface area contributed by atoms with E-state index >= 15 is 0 Å². The number of halogens is 2. The summed E-state index contributed by atoms with van der Waals surface area (Å²) in [6.07, 6.45) is 2.41. The second kappa shape index (κ2) is 10.4. The lowest BCUT2D eigenvalue weighted by Gasteiger charge is -2.21. The van der Waals surface area contributed by atoms with Gasteiger partial charge in [-0.25, -0.2) is 18.7 Å². The first kappa shape index (κ1) is 26.4. The number of rotatable bonds is 9. The number of amides is 2. The van der Waals surface area contributed by atoms with Crippen LogP contribution in [0.3, 0.4) is 0 Å². The number of anilines is 1. The fourth-order valence-electron chi connectivity index (χ4n) is 4.36. The van der Waals surface area contributed by atoms with Crippen LogP contribution in [0.5, 0.6) is 0 Å². The molecule has 11 heteroatoms. The Labute approximate surface area is 213 Å². The van der Waals surface area contributed by atoms with Crippen molar-refractivity contribution in [3.8, 4) is 10.4 Å². The second-order valence-electron chi connectivity index (χ2n) is 10.4. The van der Waals surface area contributed by atoms with Gasteiger partial charge in [-0.3, -0.25) is 9.59 Å². The van der Waals surface area contributed by atoms with E-state index in [0.717, 1.165) is 37.0 Å². The van der Waals surface area contributed by atoms with Crippen LogP contribution in [-0.2, 0) is 0 Å². The predicted molar refractivity (Wildman–Crippen MR) is 134 cm³/mol. The number of hydrogen-bond donors (Lipinski definition) is 3. The van der Waals surface area contributed by atoms with Crippen LogP contribution < -0.4 is 10.6 Å². The molecule has 3 N–H and O–H groups in total. The van der Waals surface area contributed by atoms with Crippen LogP contribution >= 0.6 is 11.3 Å². The van der Waals surface area contributed by atoms with Crippen molar-refractivity contribution >= 4 is 29.0 Å². The van der Waals surface area contributed by atoms with Crippen LogP contribution in [0.15, 0.2) is 12.3 Å². The Kier molecular flexibility index (Phi) is 7.61. The third kappa shape index (κ3) is 6.00. The summed E-state index contributed by atoms with van der Waals surface area (Å²) in [5.74, 6) is -0.112. The molecular formula is C25H33F2N5O3S. The number of hydrogen-bond acceptors (Lipinski definition) is 7. The molecule has 2 aromatic rings. The summed E-state index contributed by atoms with van der Waals surface area (Å²) >= 11 is 0.880. The van der Waals surface area contributed by atoms with E-state index in [1.54, 1.807) is 18.7 Å². The number of thiazole rings is 1. The molecule has 1 aliphatic heterocycles. The van der Waals surface area contributed by atoms with Crippen LogP contribution in [0.2, 0.25) is 0 Å². The zero-order valence-electron chi connectivity index (χ0n) is 21.0. The maximum atomic E-state index is 14.2. The lowest BCUT2D eigenvalue weighted by Crippen LogP contribution is -2.38. The van der Waals surface area contributed by atoms with Crippen LogP contribution in [0.1, 0.15) is 85.7 Å². The van der Waals surface area contributed by atoms with Crippen LogP contribution in [0.4, 0.5) is 14.6 Å². The molecule has 2 aromatic heterocycles. The van der Waals surface area contributed by atoms with E-state index in [1.807, 2.05) is 13.8 Å². The number of carbonyl (C=O) groups excluding carboxylic acids is 2. The third-order valence-corrected chi connectivity index (χ3v) is 7.73. The molecule has 0 bridgehead atoms. The van der Waals surface area contributed by atoms with Gasteiger partial charge in [0.25, 0.3) is 18.2 Å². The van der Waals surface area contributed by atoms with Crippen molar-refractivity contribution in [1.29, 1.82) is 0 Å². The lowest BCUT2D eigenvalue weighted by atomic mass is 10.1. The molecule has 196 valence electrons. The maximum absolute atomic E-state index is 14.2. The Morgan fingerprint density at radius 3 is 2.61 bits per heavy atom. The van der Waals surface area contributed by atoms with Crippen molar-refractivity contribution in [3.05, 3.63) is 28.5 Å². The largest absolute Gasteiger partial charge is 0.389 e. The minimum absolute atomic E-state index is 0.0114. The number of aromatic nitrogens is 2. The summed E-state index contributed by atoms with van der Waals surface area (Å²) in [6.45, 7) is 7.54. The second-order valence-corrected chi connectivity index (χ2v) is 11.4. The van der Waals surface area contributed by atoms with Crippen molar-refractivity contribution in [1.82, 2.24) is 20.2 Å². The standard InChI is InChI=1S/C25H33F2N5O3S/c1-13-6-5-9-32(13)24(34)19-20(36-23(31-19)22(33)29-12-25(3,4)35)17-11-28-18(10-16(17)21(26)27)30-14(2)15-7-8-15/h10-11,13-15,21,35H,5-9,12H2,1-4H3,(H,28,30)(H,29,33)/t13-,14+/m0/s1. The van der Waals surface area contributed by atoms with E-state index in [0.29, 0.717) is 18.3 Å². The number of nitrogens with one attached hydrogen (secondary N) is 2. The normalized spacial score (nSPS) is 19.0. The molecule has 2 fully saturated rings. The molecule has 3 heterocycles. The molecule has 4 rings (SSSR count). The van der Waals surface area contributed by atoms with Gasteiger partial charge < -0.3 is 20.6 Å². The number of pyridine rings is 1. The van der Waals surface area contributed by atoms with Crippen molar-refractivity contribution in [3.63, 3.8) is 0 Å². The molecule has 1 aliphatic carbocycles. The van der Waals surface area contributed by atoms with Gasteiger partial charge in [0, 0.05) is 42.5 Å². The summed E-state index contributed by atoms with van der Waals surface area (Å²) in [5, 5.41) is 15.7. The predicted octanol–water partition coefficient (Wildman–Crippen LogP) is 4.48. The van der Waals surface area contributed by atoms with E-state index in [1.165, 1.54) is 12.3 Å². The number of nitrogens with zero attached hydrogens (tertiary/aromatic N) is 3. The first-order valence-electron chi connectivity index (χ1n) is 12.3. The fourth-order valence-corrected chi connectivity index (χ4v) is 5.36. The van der Waals surface area contributed by atoms with Gasteiger partial charge in [-0.05, 0) is 65.4 Å². The third-order valence-electron chi connectivity index (χ3n) is 6.64. The minimum atomic E-state index is -2.82. The van der Waals surface area contributed by atoms with Crippen LogP contribution in [-0.4, -0.2) is 62.6 Å². The van der Waals surface area contributed by atoms with Crippen LogP contribution in [0, 0.1) is 5.92 Å². The molecule has 8 nitrogen and oxygen atoms in total. The zero-order chi connectivity index (χ0) is 26.2. The molecule has 2 amide bonds. The first-order chi connectivity index (χ1) is 16.9. The Morgan fingerprint density at radius 1 is 1.31 bits per heavy atom. The van der Waals surface area contributed by atoms with E-state index in [2.05, 4.69) is 20.6 Å². The van der Waals surface area contributed by atoms with Crippen molar-refractivity contribution in [2.75, 3.05) is 18.4 Å². The van der Waals surface area contributed by atoms with E-state index in [9.17, 15) is 23.5 Å². The van der Waals surface area contributed by atoms with Crippen molar-refractivity contribution in [2.45, 2.75) is 77.5 Å². The van der Waals surface area contributed by atoms with Crippen LogP contribution in [0.25, 0.3) is 10.4 Å². The summed E-state index contributed by atoms with van der Waals surface area (Å²) in [5.41, 5.74) is -1.36. The minimum Gasteiger partial charge on any atom is -0.389 e. The smallest absolute Gasteiger partial charge is 0.280 e.